The van der Waals surface area contributed by atoms with Gasteiger partial charge in [-0.05, 0) is 51.4 Å². The molecule has 290 valence electrons. The molecule has 0 aliphatic heterocycles. The van der Waals surface area contributed by atoms with Gasteiger partial charge in [-0.15, -0.1) is 0 Å². The van der Waals surface area contributed by atoms with Gasteiger partial charge < -0.3 is 14.2 Å². The second-order valence-corrected chi connectivity index (χ2v) is 13.9. The molecule has 6 nitrogen and oxygen atoms in total. The van der Waals surface area contributed by atoms with E-state index in [-0.39, 0.29) is 31.1 Å². The Morgan fingerprint density at radius 2 is 0.780 bits per heavy atom. The number of esters is 3. The van der Waals surface area contributed by atoms with Crippen LogP contribution in [0.4, 0.5) is 0 Å². The van der Waals surface area contributed by atoms with Crippen LogP contribution in [0.5, 0.6) is 0 Å². The molecule has 0 radical (unpaired) electrons. The lowest BCUT2D eigenvalue weighted by Crippen LogP contribution is -2.30. The third kappa shape index (κ3) is 36.9. The van der Waals surface area contributed by atoms with E-state index in [1.807, 2.05) is 0 Å². The van der Waals surface area contributed by atoms with Crippen molar-refractivity contribution in [1.29, 1.82) is 0 Å². The summed E-state index contributed by atoms with van der Waals surface area (Å²) < 4.78 is 16.6. The molecule has 0 bridgehead atoms. The van der Waals surface area contributed by atoms with E-state index in [1.165, 1.54) is 70.6 Å². The molecule has 0 saturated heterocycles. The average molecular weight is 703 g/mol. The van der Waals surface area contributed by atoms with Crippen molar-refractivity contribution in [2.45, 2.75) is 213 Å². The standard InChI is InChI=1S/C44H78O6/c1-4-7-10-13-16-18-20-21-22-23-24-26-28-31-34-37-43(46)49-40-41(39-48-42(45)36-33-30-27-15-12-9-6-3)50-44(47)38-35-32-29-25-19-17-14-11-8-5-2/h7,10,16,18,21-22,41H,4-6,8-9,11-15,17,19-20,23-40H2,1-3H3/b10-7-,18-16-,22-21-. The number of carbonyl (C=O) groups excluding carboxylic acids is 3. The number of ether oxygens (including phenoxy) is 3. The van der Waals surface area contributed by atoms with Gasteiger partial charge in [0.25, 0.3) is 0 Å². The van der Waals surface area contributed by atoms with Crippen LogP contribution in [0, 0.1) is 0 Å². The number of hydrogen-bond donors (Lipinski definition) is 0. The summed E-state index contributed by atoms with van der Waals surface area (Å²) in [5.74, 6) is -0.903. The summed E-state index contributed by atoms with van der Waals surface area (Å²) in [4.78, 5) is 37.4. The third-order valence-electron chi connectivity index (χ3n) is 8.91. The minimum atomic E-state index is -0.769. The molecule has 0 aromatic rings. The first kappa shape index (κ1) is 47.6. The van der Waals surface area contributed by atoms with Crippen LogP contribution in [-0.4, -0.2) is 37.2 Å². The fourth-order valence-corrected chi connectivity index (χ4v) is 5.75. The van der Waals surface area contributed by atoms with Crippen molar-refractivity contribution in [3.05, 3.63) is 36.5 Å². The Kier molecular flexibility index (Phi) is 37.5. The van der Waals surface area contributed by atoms with Gasteiger partial charge in [0, 0.05) is 19.3 Å². The highest BCUT2D eigenvalue weighted by Crippen LogP contribution is 2.14. The molecule has 0 spiro atoms. The zero-order chi connectivity index (χ0) is 36.6. The molecule has 0 N–H and O–H groups in total. The summed E-state index contributed by atoms with van der Waals surface area (Å²) in [6.45, 7) is 6.44. The number of allylic oxidation sites excluding steroid dienone is 6. The SMILES string of the molecule is CC/C=C\C/C=C\C/C=C\CCCCCCCC(=O)OCC(COC(=O)CCCCCCCCC)OC(=O)CCCCCCCCCCCC. The van der Waals surface area contributed by atoms with Crippen LogP contribution in [0.2, 0.25) is 0 Å². The smallest absolute Gasteiger partial charge is 0.306 e. The molecule has 0 saturated carbocycles. The molecular weight excluding hydrogens is 624 g/mol. The molecule has 1 unspecified atom stereocenters. The zero-order valence-electron chi connectivity index (χ0n) is 32.9. The van der Waals surface area contributed by atoms with Gasteiger partial charge in [-0.3, -0.25) is 14.4 Å². The number of hydrogen-bond acceptors (Lipinski definition) is 6. The fourth-order valence-electron chi connectivity index (χ4n) is 5.75. The van der Waals surface area contributed by atoms with E-state index < -0.39 is 6.10 Å². The molecule has 0 fully saturated rings. The molecule has 50 heavy (non-hydrogen) atoms. The Morgan fingerprint density at radius 1 is 0.420 bits per heavy atom. The van der Waals surface area contributed by atoms with E-state index in [0.29, 0.717) is 19.3 Å². The lowest BCUT2D eigenvalue weighted by molar-refractivity contribution is -0.167. The Balaban J connectivity index is 4.33. The molecular formula is C44H78O6. The van der Waals surface area contributed by atoms with Crippen LogP contribution in [0.15, 0.2) is 36.5 Å². The van der Waals surface area contributed by atoms with Gasteiger partial charge in [-0.25, -0.2) is 0 Å². The van der Waals surface area contributed by atoms with Gasteiger partial charge in [0.15, 0.2) is 6.10 Å². The Hall–Kier alpha value is -2.37. The van der Waals surface area contributed by atoms with Crippen molar-refractivity contribution in [3.8, 4) is 0 Å². The maximum atomic E-state index is 12.6. The lowest BCUT2D eigenvalue weighted by atomic mass is 10.1. The fraction of sp³-hybridized carbons (Fsp3) is 0.795. The van der Waals surface area contributed by atoms with Crippen molar-refractivity contribution < 1.29 is 28.6 Å². The monoisotopic (exact) mass is 703 g/mol. The minimum Gasteiger partial charge on any atom is -0.462 e. The summed E-state index contributed by atoms with van der Waals surface area (Å²) in [7, 11) is 0. The summed E-state index contributed by atoms with van der Waals surface area (Å²) in [5.41, 5.74) is 0. The summed E-state index contributed by atoms with van der Waals surface area (Å²) >= 11 is 0. The van der Waals surface area contributed by atoms with Crippen molar-refractivity contribution in [2.75, 3.05) is 13.2 Å². The summed E-state index contributed by atoms with van der Waals surface area (Å²) in [6.07, 6.45) is 42.8. The van der Waals surface area contributed by atoms with Crippen molar-refractivity contribution in [3.63, 3.8) is 0 Å². The van der Waals surface area contributed by atoms with E-state index >= 15 is 0 Å². The predicted octanol–water partition coefficient (Wildman–Crippen LogP) is 13.0. The first-order chi connectivity index (χ1) is 24.5. The third-order valence-corrected chi connectivity index (χ3v) is 8.91. The van der Waals surface area contributed by atoms with Crippen LogP contribution in [0.1, 0.15) is 207 Å². The Labute approximate surface area is 308 Å². The second kappa shape index (κ2) is 39.4. The van der Waals surface area contributed by atoms with Crippen LogP contribution in [0.3, 0.4) is 0 Å². The summed E-state index contributed by atoms with van der Waals surface area (Å²) in [6, 6.07) is 0. The van der Waals surface area contributed by atoms with E-state index in [2.05, 4.69) is 57.2 Å². The van der Waals surface area contributed by atoms with Gasteiger partial charge >= 0.3 is 17.9 Å². The average Bonchev–Trinajstić information content (AvgIpc) is 3.11. The van der Waals surface area contributed by atoms with E-state index in [9.17, 15) is 14.4 Å². The normalized spacial score (nSPS) is 12.3. The maximum absolute atomic E-state index is 12.6. The molecule has 0 aromatic carbocycles. The predicted molar refractivity (Wildman–Crippen MR) is 210 cm³/mol. The number of carbonyl (C=O) groups is 3. The topological polar surface area (TPSA) is 78.9 Å². The highest BCUT2D eigenvalue weighted by molar-refractivity contribution is 5.71. The zero-order valence-corrected chi connectivity index (χ0v) is 32.9. The molecule has 0 aliphatic rings. The summed E-state index contributed by atoms with van der Waals surface area (Å²) in [5, 5.41) is 0. The van der Waals surface area contributed by atoms with Gasteiger partial charge in [0.2, 0.25) is 0 Å². The quantitative estimate of drug-likeness (QED) is 0.0277. The Morgan fingerprint density at radius 3 is 1.22 bits per heavy atom. The molecule has 1 atom stereocenters. The van der Waals surface area contributed by atoms with E-state index in [4.69, 9.17) is 14.2 Å². The highest BCUT2D eigenvalue weighted by Gasteiger charge is 2.19. The van der Waals surface area contributed by atoms with Crippen LogP contribution < -0.4 is 0 Å². The molecule has 0 aromatic heterocycles. The van der Waals surface area contributed by atoms with Gasteiger partial charge in [0.1, 0.15) is 13.2 Å². The van der Waals surface area contributed by atoms with E-state index in [1.54, 1.807) is 0 Å². The molecule has 0 amide bonds. The van der Waals surface area contributed by atoms with Crippen molar-refractivity contribution in [2.24, 2.45) is 0 Å². The van der Waals surface area contributed by atoms with E-state index in [0.717, 1.165) is 96.3 Å². The van der Waals surface area contributed by atoms with Crippen LogP contribution >= 0.6 is 0 Å². The van der Waals surface area contributed by atoms with Gasteiger partial charge in [-0.1, -0.05) is 173 Å². The first-order valence-corrected chi connectivity index (χ1v) is 21.0. The van der Waals surface area contributed by atoms with Crippen LogP contribution in [0.25, 0.3) is 0 Å². The number of rotatable bonds is 37. The maximum Gasteiger partial charge on any atom is 0.306 e. The molecule has 0 rings (SSSR count). The highest BCUT2D eigenvalue weighted by atomic mass is 16.6. The molecule has 6 heteroatoms. The molecule has 0 aliphatic carbocycles. The largest absolute Gasteiger partial charge is 0.462 e. The number of unbranched alkanes of at least 4 members (excludes halogenated alkanes) is 20. The van der Waals surface area contributed by atoms with Crippen LogP contribution in [-0.2, 0) is 28.6 Å². The van der Waals surface area contributed by atoms with Crippen molar-refractivity contribution in [1.82, 2.24) is 0 Å². The Bertz CT molecular complexity index is 861. The first-order valence-electron chi connectivity index (χ1n) is 21.0. The van der Waals surface area contributed by atoms with Crippen molar-refractivity contribution >= 4 is 17.9 Å². The molecule has 0 heterocycles. The van der Waals surface area contributed by atoms with Gasteiger partial charge in [0.05, 0.1) is 0 Å². The second-order valence-electron chi connectivity index (χ2n) is 13.9. The minimum absolute atomic E-state index is 0.0760. The lowest BCUT2D eigenvalue weighted by Gasteiger charge is -2.18. The van der Waals surface area contributed by atoms with Gasteiger partial charge in [-0.2, -0.15) is 0 Å².